The Kier molecular flexibility index (Phi) is 5.52. The summed E-state index contributed by atoms with van der Waals surface area (Å²) in [5.41, 5.74) is 4.36. The maximum atomic E-state index is 13.7. The molecule has 7 rings (SSSR count). The van der Waals surface area contributed by atoms with Gasteiger partial charge in [0, 0.05) is 33.0 Å². The fourth-order valence-corrected chi connectivity index (χ4v) is 6.43. The van der Waals surface area contributed by atoms with E-state index in [0.717, 1.165) is 23.3 Å². The van der Waals surface area contributed by atoms with Crippen molar-refractivity contribution in [1.82, 2.24) is 0 Å². The molecule has 1 fully saturated rings. The molecule has 1 aliphatic carbocycles. The van der Waals surface area contributed by atoms with Crippen LogP contribution in [-0.2, 0) is 0 Å². The zero-order valence-corrected chi connectivity index (χ0v) is 22.0. The fourth-order valence-electron chi connectivity index (χ4n) is 6.43. The summed E-state index contributed by atoms with van der Waals surface area (Å²) in [6.07, 6.45) is 8.63. The van der Waals surface area contributed by atoms with E-state index in [4.69, 9.17) is 0 Å². The fraction of sp³-hybridized carbons (Fsp3) is 0.176. The molecule has 0 N–H and O–H groups in total. The van der Waals surface area contributed by atoms with Crippen molar-refractivity contribution < 1.29 is 19.2 Å². The van der Waals surface area contributed by atoms with Crippen molar-refractivity contribution >= 4 is 51.9 Å². The van der Waals surface area contributed by atoms with Crippen LogP contribution in [0.5, 0.6) is 0 Å². The number of hydrogen-bond donors (Lipinski definition) is 0. The van der Waals surface area contributed by atoms with Crippen molar-refractivity contribution in [2.45, 2.75) is 38.5 Å². The summed E-state index contributed by atoms with van der Waals surface area (Å²) < 4.78 is 0. The predicted octanol–water partition coefficient (Wildman–Crippen LogP) is 7.13. The molecule has 6 nitrogen and oxygen atoms in total. The molecule has 0 saturated heterocycles. The first-order valence-electron chi connectivity index (χ1n) is 13.7. The van der Waals surface area contributed by atoms with Gasteiger partial charge in [-0.2, -0.15) is 0 Å². The Morgan fingerprint density at radius 1 is 0.575 bits per heavy atom. The van der Waals surface area contributed by atoms with Crippen LogP contribution in [0.2, 0.25) is 0 Å². The van der Waals surface area contributed by atoms with Crippen LogP contribution in [0.1, 0.15) is 91.1 Å². The Labute approximate surface area is 231 Å². The van der Waals surface area contributed by atoms with E-state index < -0.39 is 23.6 Å². The molecule has 4 aromatic carbocycles. The van der Waals surface area contributed by atoms with Crippen LogP contribution >= 0.6 is 0 Å². The summed E-state index contributed by atoms with van der Waals surface area (Å²) in [5, 5.41) is 0.735. The first-order valence-corrected chi connectivity index (χ1v) is 13.7. The smallest absolute Gasteiger partial charge is 0.265 e. The average molecular weight is 527 g/mol. The highest BCUT2D eigenvalue weighted by atomic mass is 16.2. The lowest BCUT2D eigenvalue weighted by Gasteiger charge is -2.32. The molecule has 196 valence electrons. The van der Waals surface area contributed by atoms with Crippen LogP contribution in [0.15, 0.2) is 78.9 Å². The number of hydrogen-bond acceptors (Lipinski definition) is 4. The van der Waals surface area contributed by atoms with Gasteiger partial charge in [0.2, 0.25) is 0 Å². The molecule has 40 heavy (non-hydrogen) atoms. The van der Waals surface area contributed by atoms with Gasteiger partial charge in [-0.3, -0.25) is 19.2 Å². The third-order valence-electron chi connectivity index (χ3n) is 8.38. The van der Waals surface area contributed by atoms with Crippen molar-refractivity contribution in [3.8, 4) is 0 Å². The summed E-state index contributed by atoms with van der Waals surface area (Å²) in [4.78, 5) is 57.1. The van der Waals surface area contributed by atoms with E-state index in [2.05, 4.69) is 0 Å². The number of amides is 4. The molecular formula is C34H26N2O4. The van der Waals surface area contributed by atoms with Crippen LogP contribution in [0.3, 0.4) is 0 Å². The van der Waals surface area contributed by atoms with Gasteiger partial charge in [0.1, 0.15) is 0 Å². The van der Waals surface area contributed by atoms with Crippen molar-refractivity contribution in [3.05, 3.63) is 112 Å². The maximum absolute atomic E-state index is 13.7. The molecule has 2 aliphatic heterocycles. The lowest BCUT2D eigenvalue weighted by molar-refractivity contribution is 0.0873. The second-order valence-corrected chi connectivity index (χ2v) is 10.6. The van der Waals surface area contributed by atoms with Gasteiger partial charge in [-0.25, -0.2) is 9.80 Å². The minimum Gasteiger partial charge on any atom is -0.268 e. The third-order valence-corrected chi connectivity index (χ3v) is 8.38. The van der Waals surface area contributed by atoms with Crippen LogP contribution in [0.4, 0.5) is 11.4 Å². The summed E-state index contributed by atoms with van der Waals surface area (Å²) in [7, 11) is 0. The lowest BCUT2D eigenvalue weighted by atomic mass is 9.85. The van der Waals surface area contributed by atoms with Gasteiger partial charge in [0.05, 0.1) is 11.4 Å². The number of imide groups is 2. The topological polar surface area (TPSA) is 74.8 Å². The molecule has 0 unspecified atom stereocenters. The molecule has 6 heteroatoms. The molecule has 0 radical (unpaired) electrons. The minimum absolute atomic E-state index is 0.294. The van der Waals surface area contributed by atoms with Gasteiger partial charge < -0.3 is 0 Å². The zero-order valence-electron chi connectivity index (χ0n) is 22.0. The molecule has 2 heterocycles. The predicted molar refractivity (Wildman–Crippen MR) is 155 cm³/mol. The normalized spacial score (nSPS) is 17.1. The molecule has 1 saturated carbocycles. The van der Waals surface area contributed by atoms with Crippen LogP contribution in [-0.4, -0.2) is 23.6 Å². The monoisotopic (exact) mass is 526 g/mol. The van der Waals surface area contributed by atoms with E-state index in [-0.39, 0.29) is 0 Å². The van der Waals surface area contributed by atoms with E-state index >= 15 is 0 Å². The second-order valence-electron chi connectivity index (χ2n) is 10.6. The Balaban J connectivity index is 1.30. The number of carbonyl (C=O) groups excluding carboxylic acids is 4. The summed E-state index contributed by atoms with van der Waals surface area (Å²) >= 11 is 0. The number of anilines is 2. The van der Waals surface area contributed by atoms with Crippen molar-refractivity contribution in [2.24, 2.45) is 0 Å². The number of benzene rings is 4. The van der Waals surface area contributed by atoms with Gasteiger partial charge in [0.25, 0.3) is 23.6 Å². The quantitative estimate of drug-likeness (QED) is 0.265. The molecule has 4 amide bonds. The van der Waals surface area contributed by atoms with Gasteiger partial charge in [0.15, 0.2) is 0 Å². The van der Waals surface area contributed by atoms with Gasteiger partial charge in [-0.1, -0.05) is 49.3 Å². The van der Waals surface area contributed by atoms with Crippen molar-refractivity contribution in [3.63, 3.8) is 0 Å². The van der Waals surface area contributed by atoms with E-state index in [1.54, 1.807) is 36.4 Å². The highest BCUT2D eigenvalue weighted by Crippen LogP contribution is 2.41. The zero-order chi connectivity index (χ0) is 27.5. The van der Waals surface area contributed by atoms with Crippen LogP contribution in [0, 0.1) is 0 Å². The van der Waals surface area contributed by atoms with Crippen LogP contribution in [0.25, 0.3) is 16.8 Å². The molecule has 0 atom stereocenters. The van der Waals surface area contributed by atoms with Crippen LogP contribution < -0.4 is 9.80 Å². The van der Waals surface area contributed by atoms with Gasteiger partial charge in [-0.15, -0.1) is 0 Å². The number of carbonyl (C=O) groups is 4. The molecular weight excluding hydrogens is 500 g/mol. The number of nitrogens with zero attached hydrogens (tertiary/aromatic N) is 2. The molecule has 4 aromatic rings. The highest BCUT2D eigenvalue weighted by Gasteiger charge is 2.40. The summed E-state index contributed by atoms with van der Waals surface area (Å²) in [5.74, 6) is -1.36. The Hall–Kier alpha value is -4.84. The average Bonchev–Trinajstić information content (AvgIpc) is 3.52. The molecule has 0 bridgehead atoms. The lowest BCUT2D eigenvalue weighted by Crippen LogP contribution is -2.43. The molecule has 0 aromatic heterocycles. The Morgan fingerprint density at radius 3 is 1.38 bits per heavy atom. The molecule has 0 spiro atoms. The van der Waals surface area contributed by atoms with E-state index in [1.165, 1.54) is 23.3 Å². The largest absolute Gasteiger partial charge is 0.268 e. The van der Waals surface area contributed by atoms with Gasteiger partial charge in [-0.05, 0) is 85.3 Å². The number of allylic oxidation sites excluding steroid dienone is 1. The van der Waals surface area contributed by atoms with E-state index in [1.807, 2.05) is 55.5 Å². The highest BCUT2D eigenvalue weighted by molar-refractivity contribution is 6.42. The Morgan fingerprint density at radius 2 is 0.975 bits per heavy atom. The van der Waals surface area contributed by atoms with Gasteiger partial charge >= 0.3 is 0 Å². The maximum Gasteiger partial charge on any atom is 0.265 e. The van der Waals surface area contributed by atoms with E-state index in [0.29, 0.717) is 50.3 Å². The summed E-state index contributed by atoms with van der Waals surface area (Å²) in [6, 6.07) is 21.2. The first-order chi connectivity index (χ1) is 19.5. The van der Waals surface area contributed by atoms with Crippen molar-refractivity contribution in [1.29, 1.82) is 0 Å². The minimum atomic E-state index is -0.482. The summed E-state index contributed by atoms with van der Waals surface area (Å²) in [6.45, 7) is 1.92. The van der Waals surface area contributed by atoms with E-state index in [9.17, 15) is 19.2 Å². The number of rotatable bonds is 4. The first kappa shape index (κ1) is 24.2. The SMILES string of the molecule is C/C=C/c1ccc(N2C(=O)c3ccc4c5c(ccc(c35)C2=O)C(=O)N(c2ccc(C3CCCC3)cc2)C4=O)cc1. The standard InChI is InChI=1S/C34H26N2O4/c1-2-5-20-8-12-23(13-9-20)35-31(37)25-16-18-27-30-28(19-17-26(29(25)30)32(35)38)34(40)36(33(27)39)24-14-10-22(11-15-24)21-6-3-4-7-21/h2,5,8-19,21H,3-4,6-7H2,1H3/b5-2+. The second kappa shape index (κ2) is 9.12. The van der Waals surface area contributed by atoms with Crippen molar-refractivity contribution in [2.75, 3.05) is 9.80 Å². The third kappa shape index (κ3) is 3.49. The Bertz CT molecular complexity index is 1710. The molecule has 3 aliphatic rings.